The molecule has 2 rings (SSSR count). The van der Waals surface area contributed by atoms with E-state index < -0.39 is 9.84 Å². The van der Waals surface area contributed by atoms with Gasteiger partial charge in [0.25, 0.3) is 0 Å². The Balaban J connectivity index is 2.51. The molecule has 1 heterocycles. The summed E-state index contributed by atoms with van der Waals surface area (Å²) in [4.78, 5) is 3.80. The van der Waals surface area contributed by atoms with Crippen LogP contribution in [0.3, 0.4) is 0 Å². The first kappa shape index (κ1) is 8.50. The third-order valence-electron chi connectivity index (χ3n) is 2.03. The van der Waals surface area contributed by atoms with Crippen LogP contribution in [0.15, 0.2) is 23.4 Å². The summed E-state index contributed by atoms with van der Waals surface area (Å²) >= 11 is 0. The van der Waals surface area contributed by atoms with Crippen LogP contribution in [0.2, 0.25) is 0 Å². The smallest absolute Gasteiger partial charge is 0.200 e. The van der Waals surface area contributed by atoms with Crippen molar-refractivity contribution in [3.63, 3.8) is 0 Å². The quantitative estimate of drug-likeness (QED) is 0.755. The van der Waals surface area contributed by atoms with Crippen LogP contribution in [-0.2, 0) is 9.84 Å². The fourth-order valence-corrected chi connectivity index (χ4v) is 2.85. The monoisotopic (exact) mass is 198 g/mol. The number of sulfone groups is 1. The predicted molar refractivity (Wildman–Crippen MR) is 48.9 cm³/mol. The van der Waals surface area contributed by atoms with E-state index in [0.29, 0.717) is 0 Å². The van der Waals surface area contributed by atoms with Crippen molar-refractivity contribution in [1.82, 2.24) is 4.98 Å². The standard InChI is InChI=1S/C8H10N2O2S/c9-7-2-1-5-10-8(7)13(11,12)6-3-4-6/h1-2,5-6H,3-4,9H2. The van der Waals surface area contributed by atoms with Crippen LogP contribution in [0.4, 0.5) is 5.69 Å². The molecule has 1 aliphatic carbocycles. The molecule has 4 nitrogen and oxygen atoms in total. The molecular formula is C8H10N2O2S. The summed E-state index contributed by atoms with van der Waals surface area (Å²) in [7, 11) is -3.23. The zero-order chi connectivity index (χ0) is 9.47. The highest BCUT2D eigenvalue weighted by Crippen LogP contribution is 2.34. The minimum atomic E-state index is -3.23. The van der Waals surface area contributed by atoms with Gasteiger partial charge in [0, 0.05) is 6.20 Å². The second-order valence-electron chi connectivity index (χ2n) is 3.14. The maximum absolute atomic E-state index is 11.7. The molecule has 2 N–H and O–H groups in total. The van der Waals surface area contributed by atoms with Gasteiger partial charge in [-0.3, -0.25) is 0 Å². The van der Waals surface area contributed by atoms with Gasteiger partial charge in [0.15, 0.2) is 5.03 Å². The molecular weight excluding hydrogens is 188 g/mol. The SMILES string of the molecule is Nc1cccnc1S(=O)(=O)C1CC1. The van der Waals surface area contributed by atoms with Crippen LogP contribution >= 0.6 is 0 Å². The van der Waals surface area contributed by atoms with Crippen LogP contribution in [0.5, 0.6) is 0 Å². The summed E-state index contributed by atoms with van der Waals surface area (Å²) in [6.45, 7) is 0. The van der Waals surface area contributed by atoms with Gasteiger partial charge in [0.2, 0.25) is 9.84 Å². The molecule has 0 radical (unpaired) electrons. The summed E-state index contributed by atoms with van der Waals surface area (Å²) in [5.41, 5.74) is 5.78. The average molecular weight is 198 g/mol. The molecule has 0 amide bonds. The molecule has 1 fully saturated rings. The third-order valence-corrected chi connectivity index (χ3v) is 4.26. The third kappa shape index (κ3) is 1.39. The normalized spacial score (nSPS) is 17.2. The van der Waals surface area contributed by atoms with Gasteiger partial charge in [0.1, 0.15) is 0 Å². The summed E-state index contributed by atoms with van der Waals surface area (Å²) < 4.78 is 23.3. The van der Waals surface area contributed by atoms with Crippen molar-refractivity contribution in [2.24, 2.45) is 0 Å². The number of anilines is 1. The summed E-state index contributed by atoms with van der Waals surface area (Å²) in [5.74, 6) is 0. The first-order chi connectivity index (χ1) is 6.12. The second-order valence-corrected chi connectivity index (χ2v) is 5.29. The van der Waals surface area contributed by atoms with E-state index in [0.717, 1.165) is 12.8 Å². The molecule has 0 spiro atoms. The van der Waals surface area contributed by atoms with E-state index in [-0.39, 0.29) is 16.0 Å². The van der Waals surface area contributed by atoms with Crippen molar-refractivity contribution >= 4 is 15.5 Å². The second kappa shape index (κ2) is 2.70. The zero-order valence-corrected chi connectivity index (χ0v) is 7.79. The van der Waals surface area contributed by atoms with Gasteiger partial charge in [-0.05, 0) is 25.0 Å². The van der Waals surface area contributed by atoms with Gasteiger partial charge in [-0.25, -0.2) is 13.4 Å². The van der Waals surface area contributed by atoms with E-state index in [1.165, 1.54) is 6.20 Å². The lowest BCUT2D eigenvalue weighted by Crippen LogP contribution is -2.11. The van der Waals surface area contributed by atoms with Crippen LogP contribution < -0.4 is 5.73 Å². The Hall–Kier alpha value is -1.10. The van der Waals surface area contributed by atoms with E-state index in [9.17, 15) is 8.42 Å². The lowest BCUT2D eigenvalue weighted by atomic mass is 10.4. The maximum Gasteiger partial charge on any atom is 0.200 e. The minimum absolute atomic E-state index is 0.0394. The zero-order valence-electron chi connectivity index (χ0n) is 6.97. The fraction of sp³-hybridized carbons (Fsp3) is 0.375. The summed E-state index contributed by atoms with van der Waals surface area (Å²) in [6, 6.07) is 3.18. The maximum atomic E-state index is 11.7. The van der Waals surface area contributed by atoms with E-state index in [1.54, 1.807) is 12.1 Å². The fourth-order valence-electron chi connectivity index (χ4n) is 1.18. The van der Waals surface area contributed by atoms with Crippen LogP contribution in [-0.4, -0.2) is 18.7 Å². The Morgan fingerprint density at radius 2 is 2.15 bits per heavy atom. The van der Waals surface area contributed by atoms with Gasteiger partial charge in [-0.15, -0.1) is 0 Å². The highest BCUT2D eigenvalue weighted by atomic mass is 32.2. The number of rotatable bonds is 2. The van der Waals surface area contributed by atoms with Crippen LogP contribution in [0.1, 0.15) is 12.8 Å². The molecule has 1 saturated carbocycles. The van der Waals surface area contributed by atoms with Crippen molar-refractivity contribution in [2.75, 3.05) is 5.73 Å². The van der Waals surface area contributed by atoms with E-state index >= 15 is 0 Å². The summed E-state index contributed by atoms with van der Waals surface area (Å²) in [6.07, 6.45) is 2.92. The van der Waals surface area contributed by atoms with Crippen molar-refractivity contribution in [1.29, 1.82) is 0 Å². The van der Waals surface area contributed by atoms with E-state index in [2.05, 4.69) is 4.98 Å². The first-order valence-corrected chi connectivity index (χ1v) is 5.61. The largest absolute Gasteiger partial charge is 0.396 e. The number of pyridine rings is 1. The Kier molecular flexibility index (Phi) is 1.76. The Morgan fingerprint density at radius 3 is 2.69 bits per heavy atom. The van der Waals surface area contributed by atoms with Gasteiger partial charge >= 0.3 is 0 Å². The van der Waals surface area contributed by atoms with Gasteiger partial charge < -0.3 is 5.73 Å². The Morgan fingerprint density at radius 1 is 1.46 bits per heavy atom. The molecule has 0 aromatic carbocycles. The molecule has 0 atom stereocenters. The van der Waals surface area contributed by atoms with E-state index in [1.807, 2.05) is 0 Å². The van der Waals surface area contributed by atoms with Gasteiger partial charge in [0.05, 0.1) is 10.9 Å². The topological polar surface area (TPSA) is 73.0 Å². The molecule has 0 saturated heterocycles. The average Bonchev–Trinajstić information content (AvgIpc) is 2.86. The lowest BCUT2D eigenvalue weighted by molar-refractivity contribution is 0.591. The molecule has 13 heavy (non-hydrogen) atoms. The van der Waals surface area contributed by atoms with Crippen molar-refractivity contribution in [3.05, 3.63) is 18.3 Å². The highest BCUT2D eigenvalue weighted by Gasteiger charge is 2.38. The number of nitrogens with two attached hydrogens (primary N) is 1. The van der Waals surface area contributed by atoms with Gasteiger partial charge in [-0.2, -0.15) is 0 Å². The molecule has 0 aliphatic heterocycles. The van der Waals surface area contributed by atoms with Crippen molar-refractivity contribution in [2.45, 2.75) is 23.1 Å². The lowest BCUT2D eigenvalue weighted by Gasteiger charge is -2.03. The minimum Gasteiger partial charge on any atom is -0.396 e. The van der Waals surface area contributed by atoms with Crippen molar-refractivity contribution < 1.29 is 8.42 Å². The van der Waals surface area contributed by atoms with Crippen LogP contribution in [0, 0.1) is 0 Å². The van der Waals surface area contributed by atoms with Crippen molar-refractivity contribution in [3.8, 4) is 0 Å². The predicted octanol–water partition coefficient (Wildman–Crippen LogP) is 0.600. The number of aromatic nitrogens is 1. The Bertz CT molecular complexity index is 424. The molecule has 5 heteroatoms. The Labute approximate surface area is 76.7 Å². The first-order valence-electron chi connectivity index (χ1n) is 4.07. The van der Waals surface area contributed by atoms with E-state index in [4.69, 9.17) is 5.73 Å². The number of nitrogens with zero attached hydrogens (tertiary/aromatic N) is 1. The van der Waals surface area contributed by atoms with Crippen LogP contribution in [0.25, 0.3) is 0 Å². The molecule has 0 unspecified atom stereocenters. The molecule has 1 aromatic heterocycles. The number of hydrogen-bond acceptors (Lipinski definition) is 4. The molecule has 70 valence electrons. The molecule has 1 aliphatic rings. The molecule has 0 bridgehead atoms. The highest BCUT2D eigenvalue weighted by molar-refractivity contribution is 7.92. The molecule has 1 aromatic rings. The number of hydrogen-bond donors (Lipinski definition) is 1. The summed E-state index contributed by atoms with van der Waals surface area (Å²) in [5, 5.41) is -0.206. The van der Waals surface area contributed by atoms with Gasteiger partial charge in [-0.1, -0.05) is 0 Å². The number of nitrogen functional groups attached to an aromatic ring is 1.